The summed E-state index contributed by atoms with van der Waals surface area (Å²) >= 11 is 4.38. The van der Waals surface area contributed by atoms with Gasteiger partial charge in [-0.05, 0) is 29.5 Å². The van der Waals surface area contributed by atoms with Crippen LogP contribution in [0, 0.1) is 0 Å². The zero-order valence-electron chi connectivity index (χ0n) is 11.3. The summed E-state index contributed by atoms with van der Waals surface area (Å²) < 4.78 is 0.320. The molecule has 0 atom stereocenters. The summed E-state index contributed by atoms with van der Waals surface area (Å²) in [6.07, 6.45) is 3.48. The highest BCUT2D eigenvalue weighted by atomic mass is 32.2. The molecule has 0 unspecified atom stereocenters. The Balaban J connectivity index is 2.43. The molecule has 98 valence electrons. The quantitative estimate of drug-likeness (QED) is 0.557. The van der Waals surface area contributed by atoms with Crippen LogP contribution < -0.4 is 0 Å². The number of thioether (sulfide) groups is 2. The molecule has 1 aliphatic heterocycles. The van der Waals surface area contributed by atoms with Gasteiger partial charge in [-0.2, -0.15) is 0 Å². The predicted molar refractivity (Wildman–Crippen MR) is 90.1 cm³/mol. The maximum Gasteiger partial charge on any atom is 0.0875 e. The van der Waals surface area contributed by atoms with Gasteiger partial charge in [0.05, 0.1) is 11.8 Å². The van der Waals surface area contributed by atoms with Crippen LogP contribution in [0.4, 0.5) is 0 Å². The lowest BCUT2D eigenvalue weighted by molar-refractivity contribution is 1.05. The molecule has 1 heterocycles. The number of hydrogen-bond donors (Lipinski definition) is 0. The first-order valence-corrected chi connectivity index (χ1v) is 11.7. The van der Waals surface area contributed by atoms with E-state index >= 15 is 0 Å². The van der Waals surface area contributed by atoms with Crippen molar-refractivity contribution in [1.29, 1.82) is 0 Å². The summed E-state index contributed by atoms with van der Waals surface area (Å²) in [6, 6.07) is 12.3. The van der Waals surface area contributed by atoms with E-state index in [1.807, 2.05) is 0 Å². The highest BCUT2D eigenvalue weighted by Crippen LogP contribution is 2.56. The van der Waals surface area contributed by atoms with E-state index < -0.39 is 8.07 Å². The van der Waals surface area contributed by atoms with E-state index in [0.717, 1.165) is 0 Å². The van der Waals surface area contributed by atoms with E-state index in [0.29, 0.717) is 3.70 Å². The number of allylic oxidation sites excluding steroid dienone is 1. The highest BCUT2D eigenvalue weighted by Gasteiger charge is 2.49. The SMILES string of the molecule is C=CC[Si](C)(C)C1(c2ccccc2)SCCCS1. The molecule has 0 nitrogen and oxygen atoms in total. The van der Waals surface area contributed by atoms with Crippen molar-refractivity contribution in [2.75, 3.05) is 11.5 Å². The van der Waals surface area contributed by atoms with Gasteiger partial charge < -0.3 is 0 Å². The molecule has 1 aliphatic rings. The molecule has 0 radical (unpaired) electrons. The first-order valence-electron chi connectivity index (χ1n) is 6.57. The van der Waals surface area contributed by atoms with E-state index in [1.165, 1.54) is 29.5 Å². The van der Waals surface area contributed by atoms with Gasteiger partial charge in [0.15, 0.2) is 0 Å². The summed E-state index contributed by atoms with van der Waals surface area (Å²) in [5.74, 6) is 2.60. The molecule has 18 heavy (non-hydrogen) atoms. The molecule has 0 amide bonds. The van der Waals surface area contributed by atoms with Gasteiger partial charge in [0.1, 0.15) is 0 Å². The van der Waals surface area contributed by atoms with Crippen molar-refractivity contribution >= 4 is 31.6 Å². The summed E-state index contributed by atoms with van der Waals surface area (Å²) in [6.45, 7) is 9.02. The minimum atomic E-state index is -1.39. The normalized spacial score (nSPS) is 19.4. The Morgan fingerprint density at radius 2 is 1.83 bits per heavy atom. The number of rotatable bonds is 4. The van der Waals surface area contributed by atoms with Gasteiger partial charge in [-0.15, -0.1) is 30.1 Å². The van der Waals surface area contributed by atoms with E-state index in [9.17, 15) is 0 Å². The monoisotopic (exact) mass is 294 g/mol. The third-order valence-corrected chi connectivity index (χ3v) is 14.1. The Labute approximate surface area is 121 Å². The summed E-state index contributed by atoms with van der Waals surface area (Å²) in [5, 5.41) is 0. The van der Waals surface area contributed by atoms with Gasteiger partial charge in [0.25, 0.3) is 0 Å². The highest BCUT2D eigenvalue weighted by molar-refractivity contribution is 8.20. The summed E-state index contributed by atoms with van der Waals surface area (Å²) in [4.78, 5) is 0. The van der Waals surface area contributed by atoms with Crippen molar-refractivity contribution in [2.24, 2.45) is 0 Å². The van der Waals surface area contributed by atoms with Crippen molar-refractivity contribution in [3.63, 3.8) is 0 Å². The van der Waals surface area contributed by atoms with E-state index in [2.05, 4.69) is 79.6 Å². The second kappa shape index (κ2) is 5.89. The molecule has 1 aromatic carbocycles. The lowest BCUT2D eigenvalue weighted by Crippen LogP contribution is -2.48. The standard InChI is InChI=1S/C15H22S2Si/c1-4-13-18(2,3)15(16-11-8-12-17-15)14-9-6-5-7-10-14/h4-7,9-10H,1,8,11-13H2,2-3H3. The van der Waals surface area contributed by atoms with Crippen LogP contribution in [0.3, 0.4) is 0 Å². The van der Waals surface area contributed by atoms with Gasteiger partial charge >= 0.3 is 0 Å². The molecule has 0 aliphatic carbocycles. The van der Waals surface area contributed by atoms with Gasteiger partial charge in [-0.1, -0.05) is 49.5 Å². The Bertz CT molecular complexity index is 394. The van der Waals surface area contributed by atoms with Crippen LogP contribution in [0.2, 0.25) is 19.1 Å². The van der Waals surface area contributed by atoms with Crippen LogP contribution in [-0.4, -0.2) is 19.6 Å². The fourth-order valence-electron chi connectivity index (χ4n) is 2.63. The Kier molecular flexibility index (Phi) is 4.68. The summed E-state index contributed by atoms with van der Waals surface area (Å²) in [5.41, 5.74) is 1.53. The Morgan fingerprint density at radius 3 is 2.39 bits per heavy atom. The summed E-state index contributed by atoms with van der Waals surface area (Å²) in [7, 11) is -1.39. The van der Waals surface area contributed by atoms with Gasteiger partial charge in [0.2, 0.25) is 0 Å². The number of benzene rings is 1. The molecule has 2 rings (SSSR count). The lowest BCUT2D eigenvalue weighted by atomic mass is 10.2. The molecule has 0 N–H and O–H groups in total. The van der Waals surface area contributed by atoms with Crippen LogP contribution in [0.15, 0.2) is 43.0 Å². The lowest BCUT2D eigenvalue weighted by Gasteiger charge is -2.47. The number of hydrogen-bond acceptors (Lipinski definition) is 2. The first-order chi connectivity index (χ1) is 8.62. The second-order valence-corrected chi connectivity index (χ2v) is 13.9. The van der Waals surface area contributed by atoms with Gasteiger partial charge in [0, 0.05) is 0 Å². The second-order valence-electron chi connectivity index (χ2n) is 5.41. The van der Waals surface area contributed by atoms with Crippen molar-refractivity contribution in [3.8, 4) is 0 Å². The molecule has 0 saturated carbocycles. The molecule has 0 aromatic heterocycles. The topological polar surface area (TPSA) is 0 Å². The van der Waals surface area contributed by atoms with Crippen molar-refractivity contribution < 1.29 is 0 Å². The van der Waals surface area contributed by atoms with Crippen molar-refractivity contribution in [3.05, 3.63) is 48.6 Å². The molecular weight excluding hydrogens is 272 g/mol. The van der Waals surface area contributed by atoms with Crippen LogP contribution in [0.1, 0.15) is 12.0 Å². The van der Waals surface area contributed by atoms with E-state index in [-0.39, 0.29) is 0 Å². The Morgan fingerprint density at radius 1 is 1.22 bits per heavy atom. The maximum atomic E-state index is 3.98. The average molecular weight is 295 g/mol. The van der Waals surface area contributed by atoms with Gasteiger partial charge in [-0.25, -0.2) is 0 Å². The van der Waals surface area contributed by atoms with Crippen molar-refractivity contribution in [1.82, 2.24) is 0 Å². The minimum absolute atomic E-state index is 0.320. The van der Waals surface area contributed by atoms with Crippen LogP contribution >= 0.6 is 23.5 Å². The molecule has 1 saturated heterocycles. The van der Waals surface area contributed by atoms with Crippen LogP contribution in [0.25, 0.3) is 0 Å². The van der Waals surface area contributed by atoms with E-state index in [4.69, 9.17) is 0 Å². The molecule has 1 fully saturated rings. The third-order valence-electron chi connectivity index (χ3n) is 3.60. The molecular formula is C15H22S2Si. The molecule has 1 aromatic rings. The largest absolute Gasteiger partial charge is 0.143 e. The zero-order chi connectivity index (χ0) is 13.1. The molecule has 3 heteroatoms. The third kappa shape index (κ3) is 2.58. The van der Waals surface area contributed by atoms with Gasteiger partial charge in [-0.3, -0.25) is 0 Å². The van der Waals surface area contributed by atoms with E-state index in [1.54, 1.807) is 0 Å². The first kappa shape index (κ1) is 14.3. The predicted octanol–water partition coefficient (Wildman–Crippen LogP) is 5.14. The zero-order valence-corrected chi connectivity index (χ0v) is 13.9. The average Bonchev–Trinajstić information content (AvgIpc) is 2.40. The maximum absolute atomic E-state index is 3.98. The Hall–Kier alpha value is -0.123. The van der Waals surface area contributed by atoms with Crippen LogP contribution in [-0.2, 0) is 3.70 Å². The molecule has 0 bridgehead atoms. The van der Waals surface area contributed by atoms with Crippen LogP contribution in [0.5, 0.6) is 0 Å². The fraction of sp³-hybridized carbons (Fsp3) is 0.467. The minimum Gasteiger partial charge on any atom is -0.143 e. The molecule has 0 spiro atoms. The smallest absolute Gasteiger partial charge is 0.0875 e. The van der Waals surface area contributed by atoms with Crippen molar-refractivity contribution in [2.45, 2.75) is 29.3 Å². The fourth-order valence-corrected chi connectivity index (χ4v) is 11.6.